The summed E-state index contributed by atoms with van der Waals surface area (Å²) < 4.78 is 40.7. The van der Waals surface area contributed by atoms with Gasteiger partial charge in [-0.2, -0.15) is 0 Å². The lowest BCUT2D eigenvalue weighted by Gasteiger charge is -2.44. The molecule has 1 N–H and O–H groups in total. The van der Waals surface area contributed by atoms with Gasteiger partial charge < -0.3 is 10.2 Å². The minimum absolute atomic E-state index is 0.214. The zero-order valence-electron chi connectivity index (χ0n) is 18.3. The van der Waals surface area contributed by atoms with Gasteiger partial charge in [0, 0.05) is 18.2 Å². The van der Waals surface area contributed by atoms with Crippen LogP contribution in [0.15, 0.2) is 79.4 Å². The summed E-state index contributed by atoms with van der Waals surface area (Å²) in [5.41, 5.74) is 2.06. The molecule has 4 rings (SSSR count). The van der Waals surface area contributed by atoms with Crippen molar-refractivity contribution in [1.82, 2.24) is 10.2 Å². The molecule has 33 heavy (non-hydrogen) atoms. The van der Waals surface area contributed by atoms with Crippen LogP contribution in [0.3, 0.4) is 0 Å². The molecule has 2 atom stereocenters. The van der Waals surface area contributed by atoms with Gasteiger partial charge in [0.15, 0.2) is 0 Å². The third-order valence-corrected chi connectivity index (χ3v) is 6.38. The highest BCUT2D eigenvalue weighted by molar-refractivity contribution is 5.77. The van der Waals surface area contributed by atoms with Gasteiger partial charge in [-0.15, -0.1) is 6.58 Å². The molecule has 1 aliphatic rings. The molecule has 1 heterocycles. The van der Waals surface area contributed by atoms with Gasteiger partial charge in [0.25, 0.3) is 0 Å². The summed E-state index contributed by atoms with van der Waals surface area (Å²) in [6.07, 6.45) is 2.93. The number of carbonyl (C=O) groups is 1. The topological polar surface area (TPSA) is 32.3 Å². The summed E-state index contributed by atoms with van der Waals surface area (Å²) in [5.74, 6) is -1.56. The Morgan fingerprint density at radius 2 is 1.70 bits per heavy atom. The highest BCUT2D eigenvalue weighted by Crippen LogP contribution is 2.36. The van der Waals surface area contributed by atoms with Crippen LogP contribution in [-0.4, -0.2) is 17.5 Å². The summed E-state index contributed by atoms with van der Waals surface area (Å²) in [6, 6.07) is 16.5. The van der Waals surface area contributed by atoms with Gasteiger partial charge in [-0.25, -0.2) is 18.0 Å². The third-order valence-electron chi connectivity index (χ3n) is 6.38. The SMILES string of the molecule is C=CC[C@]1(c2ccc(F)cc2)CCN([C@@H](C)c2ccc(-c3ccc(F)cc3F)cc2)C(=O)N1. The summed E-state index contributed by atoms with van der Waals surface area (Å²) in [7, 11) is 0. The van der Waals surface area contributed by atoms with Crippen LogP contribution in [0.25, 0.3) is 11.1 Å². The number of nitrogens with one attached hydrogen (secondary N) is 1. The summed E-state index contributed by atoms with van der Waals surface area (Å²) >= 11 is 0. The van der Waals surface area contributed by atoms with E-state index in [1.54, 1.807) is 35.2 Å². The van der Waals surface area contributed by atoms with E-state index in [0.29, 0.717) is 30.5 Å². The molecule has 3 aromatic carbocycles. The Morgan fingerprint density at radius 1 is 1.03 bits per heavy atom. The van der Waals surface area contributed by atoms with Crippen molar-refractivity contribution in [2.75, 3.05) is 6.54 Å². The van der Waals surface area contributed by atoms with Gasteiger partial charge in [-0.3, -0.25) is 0 Å². The van der Waals surface area contributed by atoms with Gasteiger partial charge in [-0.05, 0) is 60.7 Å². The highest BCUT2D eigenvalue weighted by Gasteiger charge is 2.40. The molecule has 2 amide bonds. The maximum atomic E-state index is 14.1. The predicted molar refractivity (Wildman–Crippen MR) is 123 cm³/mol. The number of hydrogen-bond donors (Lipinski definition) is 1. The number of nitrogens with zero attached hydrogens (tertiary/aromatic N) is 1. The van der Waals surface area contributed by atoms with Crippen molar-refractivity contribution in [2.24, 2.45) is 0 Å². The number of urea groups is 1. The molecular weight excluding hydrogens is 425 g/mol. The smallest absolute Gasteiger partial charge is 0.318 e. The zero-order chi connectivity index (χ0) is 23.6. The molecule has 0 radical (unpaired) electrons. The molecule has 0 aromatic heterocycles. The lowest BCUT2D eigenvalue weighted by Crippen LogP contribution is -2.58. The van der Waals surface area contributed by atoms with E-state index in [2.05, 4.69) is 11.9 Å². The maximum absolute atomic E-state index is 14.1. The average Bonchev–Trinajstić information content (AvgIpc) is 2.79. The minimum atomic E-state index is -0.632. The Balaban J connectivity index is 1.52. The third kappa shape index (κ3) is 4.51. The molecule has 0 spiro atoms. The van der Waals surface area contributed by atoms with E-state index in [1.807, 2.05) is 19.1 Å². The van der Waals surface area contributed by atoms with E-state index in [1.165, 1.54) is 24.3 Å². The van der Waals surface area contributed by atoms with Gasteiger partial charge in [0.1, 0.15) is 17.5 Å². The van der Waals surface area contributed by atoms with Crippen LogP contribution < -0.4 is 5.32 Å². The molecule has 6 heteroatoms. The van der Waals surface area contributed by atoms with E-state index in [4.69, 9.17) is 0 Å². The number of rotatable bonds is 6. The van der Waals surface area contributed by atoms with Crippen molar-refractivity contribution >= 4 is 6.03 Å². The zero-order valence-corrected chi connectivity index (χ0v) is 18.3. The fraction of sp³-hybridized carbons (Fsp3) is 0.222. The number of hydrogen-bond acceptors (Lipinski definition) is 1. The number of halogens is 3. The lowest BCUT2D eigenvalue weighted by atomic mass is 9.81. The average molecular weight is 451 g/mol. The molecule has 1 fully saturated rings. The molecule has 0 unspecified atom stereocenters. The largest absolute Gasteiger partial charge is 0.328 e. The maximum Gasteiger partial charge on any atom is 0.318 e. The Hall–Kier alpha value is -3.54. The first-order valence-electron chi connectivity index (χ1n) is 10.8. The lowest BCUT2D eigenvalue weighted by molar-refractivity contribution is 0.126. The minimum Gasteiger partial charge on any atom is -0.328 e. The van der Waals surface area contributed by atoms with Crippen LogP contribution in [0.2, 0.25) is 0 Å². The summed E-state index contributed by atoms with van der Waals surface area (Å²) in [6.45, 7) is 6.27. The highest BCUT2D eigenvalue weighted by atomic mass is 19.1. The van der Waals surface area contributed by atoms with E-state index in [0.717, 1.165) is 17.2 Å². The van der Waals surface area contributed by atoms with Crippen molar-refractivity contribution in [3.05, 3.63) is 108 Å². The molecule has 1 aliphatic heterocycles. The van der Waals surface area contributed by atoms with Crippen LogP contribution in [0.5, 0.6) is 0 Å². The van der Waals surface area contributed by atoms with E-state index in [9.17, 15) is 18.0 Å². The van der Waals surface area contributed by atoms with Crippen LogP contribution in [0, 0.1) is 17.5 Å². The quantitative estimate of drug-likeness (QED) is 0.416. The molecule has 0 saturated carbocycles. The second kappa shape index (κ2) is 9.14. The number of benzene rings is 3. The summed E-state index contributed by atoms with van der Waals surface area (Å²) in [5, 5.41) is 3.13. The van der Waals surface area contributed by atoms with Crippen molar-refractivity contribution in [1.29, 1.82) is 0 Å². The first-order chi connectivity index (χ1) is 15.8. The Morgan fingerprint density at radius 3 is 2.30 bits per heavy atom. The Labute approximate surface area is 191 Å². The first-order valence-corrected chi connectivity index (χ1v) is 10.8. The standard InChI is InChI=1S/C27H25F3N2O/c1-3-14-27(21-8-10-22(28)11-9-21)15-16-32(26(33)31-27)18(2)19-4-6-20(7-5-19)24-13-12-23(29)17-25(24)30/h3-13,17-18H,1,14-16H2,2H3,(H,31,33)/t18-,27+/m0/s1. The van der Waals surface area contributed by atoms with Gasteiger partial charge in [0.2, 0.25) is 0 Å². The van der Waals surface area contributed by atoms with E-state index in [-0.39, 0.29) is 17.9 Å². The van der Waals surface area contributed by atoms with Crippen LogP contribution in [0.1, 0.15) is 36.9 Å². The van der Waals surface area contributed by atoms with E-state index >= 15 is 0 Å². The monoisotopic (exact) mass is 450 g/mol. The fourth-order valence-corrected chi connectivity index (χ4v) is 4.47. The number of carbonyl (C=O) groups excluding carboxylic acids is 1. The normalized spacial score (nSPS) is 19.2. The molecule has 170 valence electrons. The van der Waals surface area contributed by atoms with Gasteiger partial charge >= 0.3 is 6.03 Å². The molecule has 0 bridgehead atoms. The van der Waals surface area contributed by atoms with Crippen LogP contribution in [0.4, 0.5) is 18.0 Å². The van der Waals surface area contributed by atoms with Crippen molar-refractivity contribution in [2.45, 2.75) is 31.3 Å². The molecule has 3 aromatic rings. The van der Waals surface area contributed by atoms with Gasteiger partial charge in [0.05, 0.1) is 11.6 Å². The van der Waals surface area contributed by atoms with E-state index < -0.39 is 17.2 Å². The fourth-order valence-electron chi connectivity index (χ4n) is 4.47. The molecule has 3 nitrogen and oxygen atoms in total. The second-order valence-corrected chi connectivity index (χ2v) is 8.38. The predicted octanol–water partition coefficient (Wildman–Crippen LogP) is 6.72. The van der Waals surface area contributed by atoms with Crippen molar-refractivity contribution in [3.63, 3.8) is 0 Å². The summed E-state index contributed by atoms with van der Waals surface area (Å²) in [4.78, 5) is 14.9. The van der Waals surface area contributed by atoms with Crippen LogP contribution >= 0.6 is 0 Å². The first kappa shape index (κ1) is 22.6. The Bertz CT molecular complexity index is 1160. The second-order valence-electron chi connectivity index (χ2n) is 8.38. The molecular formula is C27H25F3N2O. The molecule has 0 aliphatic carbocycles. The number of amides is 2. The van der Waals surface area contributed by atoms with Crippen molar-refractivity contribution in [3.8, 4) is 11.1 Å². The van der Waals surface area contributed by atoms with Crippen molar-refractivity contribution < 1.29 is 18.0 Å². The Kier molecular flexibility index (Phi) is 6.27. The van der Waals surface area contributed by atoms with Crippen LogP contribution in [-0.2, 0) is 5.54 Å². The van der Waals surface area contributed by atoms with Gasteiger partial charge in [-0.1, -0.05) is 42.5 Å². The molecule has 1 saturated heterocycles.